The Labute approximate surface area is 171 Å². The van der Waals surface area contributed by atoms with Gasteiger partial charge in [0.05, 0.1) is 18.4 Å². The maximum absolute atomic E-state index is 9.64. The average molecular weight is 407 g/mol. The van der Waals surface area contributed by atoms with Gasteiger partial charge < -0.3 is 9.47 Å². The lowest BCUT2D eigenvalue weighted by Gasteiger charge is -2.17. The molecule has 0 fully saturated rings. The summed E-state index contributed by atoms with van der Waals surface area (Å²) in [6.45, 7) is 0.390. The molecule has 0 N–H and O–H groups in total. The van der Waals surface area contributed by atoms with Gasteiger partial charge in [-0.1, -0.05) is 23.7 Å². The lowest BCUT2D eigenvalue weighted by molar-refractivity contribution is 0.346. The zero-order chi connectivity index (χ0) is 19.5. The van der Waals surface area contributed by atoms with E-state index in [1.54, 1.807) is 7.11 Å². The van der Waals surface area contributed by atoms with E-state index in [9.17, 15) is 5.26 Å². The molecule has 4 nitrogen and oxygen atoms in total. The first-order chi connectivity index (χ1) is 13.7. The van der Waals surface area contributed by atoms with E-state index in [0.717, 1.165) is 33.9 Å². The van der Waals surface area contributed by atoms with Gasteiger partial charge in [-0.25, -0.2) is 4.98 Å². The molecule has 2 heterocycles. The van der Waals surface area contributed by atoms with Crippen molar-refractivity contribution in [2.24, 2.45) is 0 Å². The van der Waals surface area contributed by atoms with Crippen LogP contribution in [0.15, 0.2) is 59.5 Å². The third kappa shape index (κ3) is 3.79. The van der Waals surface area contributed by atoms with E-state index >= 15 is 0 Å². The van der Waals surface area contributed by atoms with Gasteiger partial charge in [-0.15, -0.1) is 11.3 Å². The Morgan fingerprint density at radius 2 is 2.11 bits per heavy atom. The van der Waals surface area contributed by atoms with E-state index in [-0.39, 0.29) is 0 Å². The molecule has 0 spiro atoms. The summed E-state index contributed by atoms with van der Waals surface area (Å²) in [5, 5.41) is 12.9. The van der Waals surface area contributed by atoms with Crippen molar-refractivity contribution in [3.63, 3.8) is 0 Å². The molecule has 0 radical (unpaired) electrons. The van der Waals surface area contributed by atoms with Crippen LogP contribution in [0.25, 0.3) is 22.9 Å². The molecular weight excluding hydrogens is 392 g/mol. The first kappa shape index (κ1) is 18.3. The lowest BCUT2D eigenvalue weighted by atomic mass is 10.1. The normalized spacial score (nSPS) is 13.2. The molecule has 138 valence electrons. The van der Waals surface area contributed by atoms with Crippen LogP contribution in [0.1, 0.15) is 10.6 Å². The highest BCUT2D eigenvalue weighted by Gasteiger charge is 2.14. The van der Waals surface area contributed by atoms with Crippen molar-refractivity contribution < 1.29 is 9.47 Å². The summed E-state index contributed by atoms with van der Waals surface area (Å²) in [5.74, 6) is 1.52. The third-order valence-electron chi connectivity index (χ3n) is 4.28. The average Bonchev–Trinajstić information content (AvgIpc) is 3.22. The predicted molar refractivity (Wildman–Crippen MR) is 113 cm³/mol. The highest BCUT2D eigenvalue weighted by molar-refractivity contribution is 7.11. The molecule has 1 aromatic heterocycles. The fourth-order valence-electron chi connectivity index (χ4n) is 2.85. The molecule has 0 amide bonds. The minimum absolute atomic E-state index is 0.390. The summed E-state index contributed by atoms with van der Waals surface area (Å²) in [4.78, 5) is 4.61. The Balaban J connectivity index is 1.62. The van der Waals surface area contributed by atoms with Gasteiger partial charge in [-0.2, -0.15) is 5.26 Å². The second kappa shape index (κ2) is 7.89. The zero-order valence-electron chi connectivity index (χ0n) is 15.0. The number of hydrogen-bond acceptors (Lipinski definition) is 5. The summed E-state index contributed by atoms with van der Waals surface area (Å²) in [5.41, 5.74) is 4.17. The van der Waals surface area contributed by atoms with Crippen LogP contribution in [-0.4, -0.2) is 18.7 Å². The van der Waals surface area contributed by atoms with E-state index < -0.39 is 0 Å². The maximum atomic E-state index is 9.64. The fourth-order valence-corrected chi connectivity index (χ4v) is 3.77. The van der Waals surface area contributed by atoms with Gasteiger partial charge in [0.25, 0.3) is 0 Å². The van der Waals surface area contributed by atoms with Gasteiger partial charge in [-0.05, 0) is 42.0 Å². The summed E-state index contributed by atoms with van der Waals surface area (Å²) in [6.07, 6.45) is 3.85. The number of nitriles is 1. The number of halogens is 1. The van der Waals surface area contributed by atoms with Crippen molar-refractivity contribution in [1.82, 2.24) is 4.98 Å². The summed E-state index contributed by atoms with van der Waals surface area (Å²) in [6, 6.07) is 15.4. The van der Waals surface area contributed by atoms with Crippen LogP contribution in [0, 0.1) is 11.3 Å². The molecule has 1 aliphatic rings. The van der Waals surface area contributed by atoms with Crippen molar-refractivity contribution in [3.8, 4) is 28.8 Å². The molecule has 0 aliphatic carbocycles. The first-order valence-corrected chi connectivity index (χ1v) is 9.77. The highest BCUT2D eigenvalue weighted by Crippen LogP contribution is 2.32. The Morgan fingerprint density at radius 1 is 1.29 bits per heavy atom. The summed E-state index contributed by atoms with van der Waals surface area (Å²) >= 11 is 7.38. The van der Waals surface area contributed by atoms with Crippen molar-refractivity contribution in [1.29, 1.82) is 5.26 Å². The first-order valence-electron chi connectivity index (χ1n) is 8.51. The molecule has 28 heavy (non-hydrogen) atoms. The summed E-state index contributed by atoms with van der Waals surface area (Å²) < 4.78 is 11.0. The number of nitrogens with zero attached hydrogens (tertiary/aromatic N) is 2. The van der Waals surface area contributed by atoms with Crippen molar-refractivity contribution in [2.45, 2.75) is 0 Å². The molecule has 0 atom stereocenters. The number of hydrogen-bond donors (Lipinski definition) is 0. The third-order valence-corrected chi connectivity index (χ3v) is 5.41. The summed E-state index contributed by atoms with van der Waals surface area (Å²) in [7, 11) is 1.63. The van der Waals surface area contributed by atoms with Gasteiger partial charge in [0.15, 0.2) is 0 Å². The van der Waals surface area contributed by atoms with Crippen molar-refractivity contribution in [3.05, 3.63) is 75.1 Å². The Morgan fingerprint density at radius 3 is 2.86 bits per heavy atom. The molecule has 3 aromatic rings. The minimum Gasteiger partial charge on any atom is -0.497 e. The molecule has 0 saturated heterocycles. The standard InChI is InChI=1S/C22H15ClN2O2S/c1-26-19-7-4-16-8-14(12-27-21(16)10-19)9-17(11-24)22-25-20(13-28-22)15-2-5-18(23)6-3-15/h2-10,13H,12H2,1H3/b17-9+. The molecule has 6 heteroatoms. The quantitative estimate of drug-likeness (QED) is 0.509. The monoisotopic (exact) mass is 406 g/mol. The molecule has 0 bridgehead atoms. The van der Waals surface area contributed by atoms with Crippen LogP contribution in [0.4, 0.5) is 0 Å². The smallest absolute Gasteiger partial charge is 0.134 e. The van der Waals surface area contributed by atoms with Gasteiger partial charge >= 0.3 is 0 Å². The number of aromatic nitrogens is 1. The zero-order valence-corrected chi connectivity index (χ0v) is 16.6. The highest BCUT2D eigenvalue weighted by atomic mass is 35.5. The van der Waals surface area contributed by atoms with Crippen LogP contribution >= 0.6 is 22.9 Å². The van der Waals surface area contributed by atoms with Gasteiger partial charge in [0.1, 0.15) is 29.2 Å². The number of allylic oxidation sites excluding steroid dienone is 1. The number of thiazole rings is 1. The second-order valence-electron chi connectivity index (χ2n) is 6.13. The number of fused-ring (bicyclic) bond motifs is 1. The van der Waals surface area contributed by atoms with Crippen LogP contribution < -0.4 is 9.47 Å². The fraction of sp³-hybridized carbons (Fsp3) is 0.0909. The van der Waals surface area contributed by atoms with Crippen LogP contribution in [0.5, 0.6) is 11.5 Å². The number of benzene rings is 2. The van der Waals surface area contributed by atoms with Gasteiger partial charge in [0, 0.05) is 27.6 Å². The van der Waals surface area contributed by atoms with E-state index in [1.807, 2.05) is 60.0 Å². The second-order valence-corrected chi connectivity index (χ2v) is 7.42. The topological polar surface area (TPSA) is 55.1 Å². The number of methoxy groups -OCH3 is 1. The van der Waals surface area contributed by atoms with Gasteiger partial charge in [-0.3, -0.25) is 0 Å². The van der Waals surface area contributed by atoms with Crippen molar-refractivity contribution in [2.75, 3.05) is 13.7 Å². The Kier molecular flexibility index (Phi) is 5.16. The van der Waals surface area contributed by atoms with E-state index in [2.05, 4.69) is 11.1 Å². The number of rotatable bonds is 4. The van der Waals surface area contributed by atoms with Gasteiger partial charge in [0.2, 0.25) is 0 Å². The predicted octanol–water partition coefficient (Wildman–Crippen LogP) is 5.86. The molecule has 1 aliphatic heterocycles. The van der Waals surface area contributed by atoms with E-state index in [0.29, 0.717) is 22.2 Å². The Bertz CT molecular complexity index is 1120. The maximum Gasteiger partial charge on any atom is 0.134 e. The van der Waals surface area contributed by atoms with E-state index in [1.165, 1.54) is 11.3 Å². The Hall–Kier alpha value is -3.07. The van der Waals surface area contributed by atoms with Crippen LogP contribution in [-0.2, 0) is 0 Å². The molecule has 4 rings (SSSR count). The van der Waals surface area contributed by atoms with Crippen LogP contribution in [0.3, 0.4) is 0 Å². The molecular formula is C22H15ClN2O2S. The van der Waals surface area contributed by atoms with Crippen LogP contribution in [0.2, 0.25) is 5.02 Å². The molecule has 2 aromatic carbocycles. The molecule has 0 unspecified atom stereocenters. The van der Waals surface area contributed by atoms with Crippen molar-refractivity contribution >= 4 is 34.6 Å². The SMILES string of the molecule is COc1ccc2c(c1)OCC(/C=C(\C#N)c1nc(-c3ccc(Cl)cc3)cs1)=C2. The largest absolute Gasteiger partial charge is 0.497 e. The minimum atomic E-state index is 0.390. The molecule has 0 saturated carbocycles. The van der Waals surface area contributed by atoms with E-state index in [4.69, 9.17) is 21.1 Å². The number of ether oxygens (including phenoxy) is 2. The lowest BCUT2D eigenvalue weighted by Crippen LogP contribution is -2.06.